The zero-order valence-electron chi connectivity index (χ0n) is 16.1. The second kappa shape index (κ2) is 8.35. The van der Waals surface area contributed by atoms with E-state index in [1.165, 1.54) is 0 Å². The summed E-state index contributed by atoms with van der Waals surface area (Å²) in [6, 6.07) is 0. The minimum atomic E-state index is -0.827. The highest BCUT2D eigenvalue weighted by Gasteiger charge is 2.41. The van der Waals surface area contributed by atoms with Gasteiger partial charge >= 0.3 is 11.9 Å². The van der Waals surface area contributed by atoms with E-state index in [9.17, 15) is 9.59 Å². The van der Waals surface area contributed by atoms with Gasteiger partial charge in [0.15, 0.2) is 5.15 Å². The van der Waals surface area contributed by atoms with Gasteiger partial charge in [0.1, 0.15) is 11.0 Å². The molecule has 1 atom stereocenters. The molecule has 1 unspecified atom stereocenters. The highest BCUT2D eigenvalue weighted by atomic mass is 35.5. The Bertz CT molecular complexity index is 840. The molecular formula is C18H23Cl2N3O4. The monoisotopic (exact) mass is 415 g/mol. The summed E-state index contributed by atoms with van der Waals surface area (Å²) in [5.74, 6) is -1.58. The van der Waals surface area contributed by atoms with Crippen LogP contribution in [-0.4, -0.2) is 34.2 Å². The van der Waals surface area contributed by atoms with Gasteiger partial charge in [0.05, 0.1) is 29.8 Å². The Kier molecular flexibility index (Phi) is 6.59. The van der Waals surface area contributed by atoms with Gasteiger partial charge in [0, 0.05) is 18.4 Å². The molecule has 1 aliphatic heterocycles. The summed E-state index contributed by atoms with van der Waals surface area (Å²) in [5.41, 5.74) is 1.65. The second-order valence-corrected chi connectivity index (χ2v) is 7.14. The van der Waals surface area contributed by atoms with Crippen LogP contribution in [-0.2, 0) is 26.1 Å². The zero-order valence-corrected chi connectivity index (χ0v) is 17.7. The molecule has 0 amide bonds. The molecule has 0 spiro atoms. The number of hydrogen-bond donors (Lipinski definition) is 1. The van der Waals surface area contributed by atoms with Crippen molar-refractivity contribution >= 4 is 35.1 Å². The number of hydrogen-bond acceptors (Lipinski definition) is 6. The number of rotatable bonds is 5. The topological polar surface area (TPSA) is 82.4 Å². The van der Waals surface area contributed by atoms with Crippen molar-refractivity contribution in [2.75, 3.05) is 6.61 Å². The van der Waals surface area contributed by atoms with Gasteiger partial charge in [0.25, 0.3) is 0 Å². The van der Waals surface area contributed by atoms with E-state index in [1.54, 1.807) is 46.2 Å². The minimum Gasteiger partial charge on any atom is -0.463 e. The normalized spacial score (nSPS) is 17.3. The number of allylic oxidation sites excluding steroid dienone is 2. The third-order valence-corrected chi connectivity index (χ3v) is 4.89. The van der Waals surface area contributed by atoms with Crippen LogP contribution >= 0.6 is 23.2 Å². The predicted octanol–water partition coefficient (Wildman–Crippen LogP) is 3.48. The Morgan fingerprint density at radius 3 is 2.19 bits per heavy atom. The van der Waals surface area contributed by atoms with Crippen LogP contribution in [0.15, 0.2) is 22.5 Å². The van der Waals surface area contributed by atoms with Crippen LogP contribution in [0.5, 0.6) is 0 Å². The van der Waals surface area contributed by atoms with Crippen molar-refractivity contribution in [1.82, 2.24) is 14.9 Å². The van der Waals surface area contributed by atoms with E-state index in [0.29, 0.717) is 17.2 Å². The summed E-state index contributed by atoms with van der Waals surface area (Å²) in [7, 11) is 1.66. The fourth-order valence-electron chi connectivity index (χ4n) is 3.00. The Morgan fingerprint density at radius 1 is 1.19 bits per heavy atom. The molecule has 0 saturated heterocycles. The van der Waals surface area contributed by atoms with Gasteiger partial charge in [-0.05, 0) is 34.6 Å². The van der Waals surface area contributed by atoms with E-state index < -0.39 is 17.9 Å². The first kappa shape index (κ1) is 21.3. The number of imidazole rings is 1. The van der Waals surface area contributed by atoms with E-state index in [0.717, 1.165) is 0 Å². The molecule has 0 fully saturated rings. The van der Waals surface area contributed by atoms with Crippen molar-refractivity contribution in [3.05, 3.63) is 38.7 Å². The molecule has 0 aliphatic carbocycles. The molecule has 1 N–H and O–H groups in total. The Labute approximate surface area is 168 Å². The number of halogens is 2. The lowest BCUT2D eigenvalue weighted by molar-refractivity contribution is -0.143. The van der Waals surface area contributed by atoms with Crippen LogP contribution in [0.4, 0.5) is 0 Å². The average molecular weight is 416 g/mol. The highest BCUT2D eigenvalue weighted by Crippen LogP contribution is 2.40. The molecule has 27 heavy (non-hydrogen) atoms. The maximum Gasteiger partial charge on any atom is 0.337 e. The minimum absolute atomic E-state index is 0.0859. The third-order valence-electron chi connectivity index (χ3n) is 4.10. The molecular weight excluding hydrogens is 393 g/mol. The molecule has 2 heterocycles. The third kappa shape index (κ3) is 4.14. The van der Waals surface area contributed by atoms with E-state index in [1.807, 2.05) is 0 Å². The molecule has 2 rings (SSSR count). The number of ether oxygens (including phenoxy) is 2. The maximum absolute atomic E-state index is 12.8. The Morgan fingerprint density at radius 2 is 1.74 bits per heavy atom. The Hall–Kier alpha value is -1.99. The van der Waals surface area contributed by atoms with Crippen LogP contribution in [0, 0.1) is 0 Å². The number of esters is 2. The smallest absolute Gasteiger partial charge is 0.337 e. The maximum atomic E-state index is 12.8. The van der Waals surface area contributed by atoms with Crippen LogP contribution in [0.1, 0.15) is 46.4 Å². The van der Waals surface area contributed by atoms with Crippen molar-refractivity contribution in [3.63, 3.8) is 0 Å². The number of dihydropyridines is 1. The van der Waals surface area contributed by atoms with Crippen molar-refractivity contribution in [2.45, 2.75) is 46.6 Å². The lowest BCUT2D eigenvalue weighted by Crippen LogP contribution is -2.34. The molecule has 9 heteroatoms. The van der Waals surface area contributed by atoms with Gasteiger partial charge in [-0.1, -0.05) is 23.2 Å². The first-order valence-corrected chi connectivity index (χ1v) is 9.29. The highest BCUT2D eigenvalue weighted by molar-refractivity contribution is 6.40. The quantitative estimate of drug-likeness (QED) is 0.741. The molecule has 1 aromatic heterocycles. The summed E-state index contributed by atoms with van der Waals surface area (Å²) in [4.78, 5) is 29.8. The zero-order chi connectivity index (χ0) is 20.5. The van der Waals surface area contributed by atoms with Crippen LogP contribution in [0.3, 0.4) is 0 Å². The Balaban J connectivity index is 2.70. The fourth-order valence-corrected chi connectivity index (χ4v) is 3.34. The van der Waals surface area contributed by atoms with Gasteiger partial charge in [-0.3, -0.25) is 0 Å². The van der Waals surface area contributed by atoms with Crippen molar-refractivity contribution in [3.8, 4) is 0 Å². The van der Waals surface area contributed by atoms with E-state index in [4.69, 9.17) is 32.7 Å². The lowest BCUT2D eigenvalue weighted by Gasteiger charge is -2.30. The average Bonchev–Trinajstić information content (AvgIpc) is 2.80. The molecule has 0 bridgehead atoms. The number of aromatic nitrogens is 2. The summed E-state index contributed by atoms with van der Waals surface area (Å²) < 4.78 is 12.2. The van der Waals surface area contributed by atoms with Gasteiger partial charge in [-0.15, -0.1) is 0 Å². The molecule has 1 aliphatic rings. The molecule has 148 valence electrons. The number of carbonyl (C=O) groups is 2. The van der Waals surface area contributed by atoms with E-state index in [2.05, 4.69) is 10.3 Å². The van der Waals surface area contributed by atoms with Crippen LogP contribution in [0.25, 0.3) is 0 Å². The summed E-state index contributed by atoms with van der Waals surface area (Å²) >= 11 is 12.3. The predicted molar refractivity (Wildman–Crippen MR) is 102 cm³/mol. The van der Waals surface area contributed by atoms with Gasteiger partial charge in [-0.25, -0.2) is 14.6 Å². The second-order valence-electron chi connectivity index (χ2n) is 6.42. The molecule has 0 aromatic carbocycles. The number of nitrogens with zero attached hydrogens (tertiary/aromatic N) is 2. The van der Waals surface area contributed by atoms with Crippen molar-refractivity contribution in [1.29, 1.82) is 0 Å². The van der Waals surface area contributed by atoms with Crippen LogP contribution in [0.2, 0.25) is 10.3 Å². The molecule has 0 radical (unpaired) electrons. The van der Waals surface area contributed by atoms with Gasteiger partial charge in [-0.2, -0.15) is 0 Å². The SMILES string of the molecule is CCOC(=O)C1=C(C)NC(C)=C(C(=O)OC(C)C)C1c1nc(Cl)c(Cl)n1C. The fraction of sp³-hybridized carbons (Fsp3) is 0.500. The van der Waals surface area contributed by atoms with Gasteiger partial charge < -0.3 is 19.4 Å². The number of carbonyl (C=O) groups excluding carboxylic acids is 2. The standard InChI is InChI=1S/C18H23Cl2N3O4/c1-7-26-17(24)11-9(4)21-10(5)12(18(25)27-8(2)3)13(11)16-22-14(19)15(20)23(16)6/h8,13,21H,7H2,1-6H3. The molecule has 7 nitrogen and oxygen atoms in total. The summed E-state index contributed by atoms with van der Waals surface area (Å²) in [6.45, 7) is 8.88. The van der Waals surface area contributed by atoms with Crippen molar-refractivity contribution in [2.24, 2.45) is 7.05 Å². The first-order chi connectivity index (χ1) is 12.6. The van der Waals surface area contributed by atoms with Crippen LogP contribution < -0.4 is 5.32 Å². The number of nitrogens with one attached hydrogen (secondary N) is 1. The van der Waals surface area contributed by atoms with E-state index >= 15 is 0 Å². The van der Waals surface area contributed by atoms with Crippen molar-refractivity contribution < 1.29 is 19.1 Å². The van der Waals surface area contributed by atoms with E-state index in [-0.39, 0.29) is 34.2 Å². The van der Waals surface area contributed by atoms with Gasteiger partial charge in [0.2, 0.25) is 0 Å². The summed E-state index contributed by atoms with van der Waals surface area (Å²) in [5, 5.41) is 3.36. The molecule has 1 aromatic rings. The summed E-state index contributed by atoms with van der Waals surface area (Å²) in [6.07, 6.45) is -0.329. The largest absolute Gasteiger partial charge is 0.463 e. The first-order valence-electron chi connectivity index (χ1n) is 8.54. The lowest BCUT2D eigenvalue weighted by atomic mass is 9.84. The molecule has 0 saturated carbocycles.